The molecule has 1 fully saturated rings. The molecule has 164 valence electrons. The topological polar surface area (TPSA) is 93.4 Å². The van der Waals surface area contributed by atoms with Crippen LogP contribution in [0.15, 0.2) is 47.0 Å². The molecule has 2 aromatic carbocycles. The lowest BCUT2D eigenvalue weighted by atomic mass is 10.2. The third kappa shape index (κ3) is 4.74. The Morgan fingerprint density at radius 1 is 1.12 bits per heavy atom. The molecule has 0 unspecified atom stereocenters. The lowest BCUT2D eigenvalue weighted by Crippen LogP contribution is -2.36. The Kier molecular flexibility index (Phi) is 6.02. The summed E-state index contributed by atoms with van der Waals surface area (Å²) in [5.74, 6) is 0.774. The highest BCUT2D eigenvalue weighted by Gasteiger charge is 2.16. The first-order valence-electron chi connectivity index (χ1n) is 10.3. The van der Waals surface area contributed by atoms with Crippen molar-refractivity contribution < 1.29 is 14.1 Å². The monoisotopic (exact) mass is 469 g/mol. The van der Waals surface area contributed by atoms with E-state index in [0.29, 0.717) is 23.2 Å². The first-order chi connectivity index (χ1) is 15.6. The number of halogens is 1. The molecular formula is C22H20ClN5O3S. The van der Waals surface area contributed by atoms with E-state index in [2.05, 4.69) is 20.4 Å². The van der Waals surface area contributed by atoms with E-state index in [0.717, 1.165) is 52.9 Å². The number of amides is 1. The summed E-state index contributed by atoms with van der Waals surface area (Å²) in [6, 6.07) is 12.9. The number of morpholine rings is 1. The summed E-state index contributed by atoms with van der Waals surface area (Å²) in [4.78, 5) is 23.7. The number of nitrogens with one attached hydrogen (secondary N) is 1. The molecule has 3 heterocycles. The first-order valence-corrected chi connectivity index (χ1v) is 11.5. The van der Waals surface area contributed by atoms with Crippen molar-refractivity contribution in [1.82, 2.24) is 15.1 Å². The summed E-state index contributed by atoms with van der Waals surface area (Å²) >= 11 is 7.53. The molecule has 0 spiro atoms. The first kappa shape index (κ1) is 20.9. The van der Waals surface area contributed by atoms with Crippen LogP contribution in [-0.4, -0.2) is 47.3 Å². The van der Waals surface area contributed by atoms with Gasteiger partial charge in [0.25, 0.3) is 0 Å². The Hall–Kier alpha value is -3.01. The van der Waals surface area contributed by atoms with Crippen LogP contribution in [0.4, 0.5) is 10.8 Å². The van der Waals surface area contributed by atoms with Crippen LogP contribution in [0.2, 0.25) is 5.02 Å². The second kappa shape index (κ2) is 9.23. The minimum Gasteiger partial charge on any atom is -0.378 e. The Morgan fingerprint density at radius 3 is 2.75 bits per heavy atom. The van der Waals surface area contributed by atoms with Gasteiger partial charge in [0.2, 0.25) is 17.6 Å². The summed E-state index contributed by atoms with van der Waals surface area (Å²) < 4.78 is 11.7. The van der Waals surface area contributed by atoms with Gasteiger partial charge >= 0.3 is 0 Å². The Labute approximate surface area is 193 Å². The summed E-state index contributed by atoms with van der Waals surface area (Å²) in [7, 11) is 0. The van der Waals surface area contributed by atoms with E-state index in [1.54, 1.807) is 23.5 Å². The molecule has 1 aliphatic heterocycles. The van der Waals surface area contributed by atoms with Crippen molar-refractivity contribution in [3.8, 4) is 11.4 Å². The van der Waals surface area contributed by atoms with Gasteiger partial charge in [-0.15, -0.1) is 0 Å². The van der Waals surface area contributed by atoms with Gasteiger partial charge in [0.1, 0.15) is 0 Å². The molecule has 1 amide bonds. The van der Waals surface area contributed by atoms with Crippen LogP contribution in [0, 0.1) is 0 Å². The molecule has 1 N–H and O–H groups in total. The van der Waals surface area contributed by atoms with Gasteiger partial charge in [-0.2, -0.15) is 4.98 Å². The van der Waals surface area contributed by atoms with Crippen molar-refractivity contribution in [3.63, 3.8) is 0 Å². The molecule has 4 aromatic rings. The van der Waals surface area contributed by atoms with E-state index < -0.39 is 0 Å². The molecule has 0 bridgehead atoms. The maximum atomic E-state index is 12.4. The molecule has 0 radical (unpaired) electrons. The molecule has 10 heteroatoms. The van der Waals surface area contributed by atoms with Crippen LogP contribution in [0.1, 0.15) is 12.3 Å². The maximum absolute atomic E-state index is 12.4. The fraction of sp³-hybridized carbons (Fsp3) is 0.273. The number of benzene rings is 2. The van der Waals surface area contributed by atoms with Gasteiger partial charge in [0.15, 0.2) is 5.13 Å². The van der Waals surface area contributed by atoms with Gasteiger partial charge in [0, 0.05) is 42.2 Å². The van der Waals surface area contributed by atoms with Gasteiger partial charge in [-0.3, -0.25) is 4.79 Å². The summed E-state index contributed by atoms with van der Waals surface area (Å²) in [5, 5.41) is 8.54. The van der Waals surface area contributed by atoms with E-state index in [1.165, 1.54) is 0 Å². The number of aromatic nitrogens is 3. The molecule has 1 saturated heterocycles. The lowest BCUT2D eigenvalue weighted by Gasteiger charge is -2.25. The molecular weight excluding hydrogens is 450 g/mol. The number of hydrogen-bond acceptors (Lipinski definition) is 8. The number of nitrogens with zero attached hydrogens (tertiary/aromatic N) is 4. The van der Waals surface area contributed by atoms with Gasteiger partial charge in [0.05, 0.1) is 23.4 Å². The molecule has 0 aliphatic carbocycles. The van der Waals surface area contributed by atoms with Gasteiger partial charge in [-0.1, -0.05) is 28.1 Å². The average molecular weight is 470 g/mol. The van der Waals surface area contributed by atoms with E-state index in [1.807, 2.05) is 30.3 Å². The van der Waals surface area contributed by atoms with Crippen LogP contribution in [0.3, 0.4) is 0 Å². The number of ether oxygens (including phenoxy) is 1. The fourth-order valence-corrected chi connectivity index (χ4v) is 4.58. The van der Waals surface area contributed by atoms with E-state index in [4.69, 9.17) is 25.8 Å². The van der Waals surface area contributed by atoms with Gasteiger partial charge in [-0.25, -0.2) is 4.98 Å². The second-order valence-corrected chi connectivity index (χ2v) is 8.79. The molecule has 0 saturated carbocycles. The number of anilines is 2. The number of hydrogen-bond donors (Lipinski definition) is 1. The largest absolute Gasteiger partial charge is 0.378 e. The number of rotatable bonds is 6. The average Bonchev–Trinajstić information content (AvgIpc) is 3.46. The smallest absolute Gasteiger partial charge is 0.227 e. The highest BCUT2D eigenvalue weighted by atomic mass is 35.5. The normalized spacial score (nSPS) is 14.1. The third-order valence-electron chi connectivity index (χ3n) is 5.08. The van der Waals surface area contributed by atoms with Crippen LogP contribution in [-0.2, 0) is 16.0 Å². The summed E-state index contributed by atoms with van der Waals surface area (Å²) in [5.41, 5.74) is 2.48. The standard InChI is InChI=1S/C22H20ClN5O3S/c23-15-3-1-14(2-4-15)21-26-20(31-27-21)8-7-19(29)24-16-5-6-17-18(13-16)32-22(25-17)28-9-11-30-12-10-28/h1-6,13H,7-12H2,(H,24,29). The Bertz CT molecular complexity index is 1230. The summed E-state index contributed by atoms with van der Waals surface area (Å²) in [6.45, 7) is 3.13. The van der Waals surface area contributed by atoms with Gasteiger partial charge < -0.3 is 19.5 Å². The predicted molar refractivity (Wildman–Crippen MR) is 124 cm³/mol. The number of aryl methyl sites for hydroxylation is 1. The van der Waals surface area contributed by atoms with Crippen molar-refractivity contribution in [1.29, 1.82) is 0 Å². The third-order valence-corrected chi connectivity index (χ3v) is 6.41. The Balaban J connectivity index is 1.19. The highest BCUT2D eigenvalue weighted by Crippen LogP contribution is 2.31. The van der Waals surface area contributed by atoms with Crippen LogP contribution >= 0.6 is 22.9 Å². The van der Waals surface area contributed by atoms with Crippen LogP contribution in [0.25, 0.3) is 21.6 Å². The molecule has 1 aliphatic rings. The van der Waals surface area contributed by atoms with E-state index in [9.17, 15) is 4.79 Å². The fourth-order valence-electron chi connectivity index (χ4n) is 3.40. The lowest BCUT2D eigenvalue weighted by molar-refractivity contribution is -0.116. The number of carbonyl (C=O) groups excluding carboxylic acids is 1. The zero-order chi connectivity index (χ0) is 21.9. The zero-order valence-electron chi connectivity index (χ0n) is 17.1. The second-order valence-electron chi connectivity index (χ2n) is 7.35. The van der Waals surface area contributed by atoms with Crippen molar-refractivity contribution in [3.05, 3.63) is 53.4 Å². The minimum atomic E-state index is -0.117. The Morgan fingerprint density at radius 2 is 1.94 bits per heavy atom. The molecule has 8 nitrogen and oxygen atoms in total. The molecule has 0 atom stereocenters. The van der Waals surface area contributed by atoms with E-state index >= 15 is 0 Å². The molecule has 2 aromatic heterocycles. The molecule has 32 heavy (non-hydrogen) atoms. The zero-order valence-corrected chi connectivity index (χ0v) is 18.7. The number of thiazole rings is 1. The quantitative estimate of drug-likeness (QED) is 0.447. The summed E-state index contributed by atoms with van der Waals surface area (Å²) in [6.07, 6.45) is 0.596. The highest BCUT2D eigenvalue weighted by molar-refractivity contribution is 7.22. The predicted octanol–water partition coefficient (Wildman–Crippen LogP) is 4.41. The maximum Gasteiger partial charge on any atom is 0.227 e. The number of fused-ring (bicyclic) bond motifs is 1. The number of carbonyl (C=O) groups is 1. The minimum absolute atomic E-state index is 0.117. The van der Waals surface area contributed by atoms with Crippen molar-refractivity contribution >= 4 is 49.9 Å². The van der Waals surface area contributed by atoms with Crippen LogP contribution < -0.4 is 10.2 Å². The van der Waals surface area contributed by atoms with Crippen LogP contribution in [0.5, 0.6) is 0 Å². The van der Waals surface area contributed by atoms with E-state index in [-0.39, 0.29) is 12.3 Å². The van der Waals surface area contributed by atoms with Crippen molar-refractivity contribution in [2.24, 2.45) is 0 Å². The molecule has 5 rings (SSSR count). The van der Waals surface area contributed by atoms with Crippen molar-refractivity contribution in [2.45, 2.75) is 12.8 Å². The SMILES string of the molecule is O=C(CCc1nc(-c2ccc(Cl)cc2)no1)Nc1ccc2nc(N3CCOCC3)sc2c1. The van der Waals surface area contributed by atoms with Gasteiger partial charge in [-0.05, 0) is 42.5 Å². The van der Waals surface area contributed by atoms with Crippen molar-refractivity contribution in [2.75, 3.05) is 36.5 Å².